The number of ether oxygens (including phenoxy) is 1. The minimum atomic E-state index is 0.304. The van der Waals surface area contributed by atoms with Gasteiger partial charge in [-0.15, -0.1) is 0 Å². The molecule has 0 aliphatic carbocycles. The molecule has 0 spiro atoms. The summed E-state index contributed by atoms with van der Waals surface area (Å²) in [5.74, 6) is 1.54. The number of hydrogen-bond acceptors (Lipinski definition) is 5. The van der Waals surface area contributed by atoms with Crippen LogP contribution < -0.4 is 9.64 Å². The fraction of sp³-hybridized carbons (Fsp3) is 0.100. The van der Waals surface area contributed by atoms with E-state index in [-0.39, 0.29) is 0 Å². The Labute approximate surface area is 165 Å². The van der Waals surface area contributed by atoms with Crippen molar-refractivity contribution in [1.29, 1.82) is 0 Å². The van der Waals surface area contributed by atoms with Crippen LogP contribution in [0.4, 0.5) is 5.95 Å². The molecule has 2 heterocycles. The molecule has 2 aromatic carbocycles. The van der Waals surface area contributed by atoms with E-state index in [2.05, 4.69) is 40.3 Å². The number of benzene rings is 2. The molecule has 1 aliphatic heterocycles. The Morgan fingerprint density at radius 2 is 1.85 bits per heavy atom. The van der Waals surface area contributed by atoms with Crippen molar-refractivity contribution < 1.29 is 4.74 Å². The summed E-state index contributed by atoms with van der Waals surface area (Å²) in [6.45, 7) is 0. The van der Waals surface area contributed by atoms with E-state index < -0.39 is 0 Å². The number of nitrogens with zero attached hydrogens (tertiary/aromatic N) is 3. The molecule has 0 fully saturated rings. The van der Waals surface area contributed by atoms with Crippen LogP contribution in [-0.4, -0.2) is 38.1 Å². The van der Waals surface area contributed by atoms with Crippen LogP contribution in [0, 0.1) is 0 Å². The maximum absolute atomic E-state index is 5.32. The second-order valence-corrected chi connectivity index (χ2v) is 9.25. The Balaban J connectivity index is 1.67. The second-order valence-electron chi connectivity index (χ2n) is 5.75. The fourth-order valence-corrected chi connectivity index (χ4v) is 5.11. The number of methoxy groups -OCH3 is 1. The third kappa shape index (κ3) is 3.50. The second kappa shape index (κ2) is 7.56. The average Bonchev–Trinajstić information content (AvgIpc) is 3.10. The van der Waals surface area contributed by atoms with E-state index in [4.69, 9.17) is 9.72 Å². The van der Waals surface area contributed by atoms with Gasteiger partial charge >= 0.3 is 166 Å². The first-order valence-corrected chi connectivity index (χ1v) is 10.5. The molecule has 0 amide bonds. The van der Waals surface area contributed by atoms with Crippen molar-refractivity contribution in [2.75, 3.05) is 12.0 Å². The van der Waals surface area contributed by atoms with Crippen LogP contribution in [-0.2, 0) is 0 Å². The number of rotatable bonds is 4. The Kier molecular flexibility index (Phi) is 5.00. The molecule has 0 saturated carbocycles. The Morgan fingerprint density at radius 1 is 1.04 bits per heavy atom. The van der Waals surface area contributed by atoms with E-state index in [9.17, 15) is 0 Å². The van der Waals surface area contributed by atoms with E-state index in [1.54, 1.807) is 24.0 Å². The van der Waals surface area contributed by atoms with Crippen molar-refractivity contribution in [3.8, 4) is 17.0 Å². The number of thioether (sulfide) groups is 1. The topological polar surface area (TPSA) is 38.2 Å². The van der Waals surface area contributed by atoms with Crippen molar-refractivity contribution in [2.24, 2.45) is 0 Å². The molecule has 4 nitrogen and oxygen atoms in total. The van der Waals surface area contributed by atoms with Gasteiger partial charge in [0.25, 0.3) is 0 Å². The third-order valence-electron chi connectivity index (χ3n) is 4.08. The number of aromatic nitrogens is 2. The van der Waals surface area contributed by atoms with Crippen molar-refractivity contribution in [1.82, 2.24) is 9.97 Å². The van der Waals surface area contributed by atoms with E-state index in [0.29, 0.717) is 4.16 Å². The summed E-state index contributed by atoms with van der Waals surface area (Å²) in [4.78, 5) is 12.7. The summed E-state index contributed by atoms with van der Waals surface area (Å²) in [5.41, 5.74) is 3.14. The van der Waals surface area contributed by atoms with Gasteiger partial charge in [-0.05, 0) is 0 Å². The molecule has 2 atom stereocenters. The molecule has 3 aromatic rings. The van der Waals surface area contributed by atoms with Crippen molar-refractivity contribution in [3.05, 3.63) is 78.6 Å². The van der Waals surface area contributed by atoms with Crippen LogP contribution in [0.15, 0.2) is 73.1 Å². The van der Waals surface area contributed by atoms with Crippen LogP contribution in [0.25, 0.3) is 16.2 Å². The fourth-order valence-electron chi connectivity index (χ4n) is 2.75. The van der Waals surface area contributed by atoms with Gasteiger partial charge < -0.3 is 0 Å². The minimum absolute atomic E-state index is 0.304. The molecular formula is C20H18AsN3OS. The van der Waals surface area contributed by atoms with Gasteiger partial charge in [0.15, 0.2) is 0 Å². The van der Waals surface area contributed by atoms with Gasteiger partial charge in [-0.2, -0.15) is 0 Å². The summed E-state index contributed by atoms with van der Waals surface area (Å²) >= 11 is 3.49. The first-order valence-electron chi connectivity index (χ1n) is 8.20. The van der Waals surface area contributed by atoms with Gasteiger partial charge in [-0.1, -0.05) is 0 Å². The Bertz CT molecular complexity index is 949. The first-order chi connectivity index (χ1) is 12.7. The quantitative estimate of drug-likeness (QED) is 0.600. The standard InChI is InChI=1S/C20H18AsN3OS/c1-25-16-9-5-8-15(12-16)17-10-11-22-20(23-17)24-13-18(26-19(24)21)14-6-3-2-4-7-14/h2-13,19H,21H2,1H3. The Hall–Kier alpha value is -2.23. The zero-order valence-electron chi connectivity index (χ0n) is 14.2. The zero-order valence-corrected chi connectivity index (χ0v) is 17.5. The number of hydrogen-bond donors (Lipinski definition) is 0. The van der Waals surface area contributed by atoms with E-state index in [1.807, 2.05) is 54.4 Å². The molecule has 6 heteroatoms. The molecule has 130 valence electrons. The average molecular weight is 423 g/mol. The monoisotopic (exact) mass is 423 g/mol. The molecule has 1 aromatic heterocycles. The van der Waals surface area contributed by atoms with E-state index >= 15 is 0 Å². The number of anilines is 1. The molecule has 0 radical (unpaired) electrons. The predicted molar refractivity (Wildman–Crippen MR) is 111 cm³/mol. The summed E-state index contributed by atoms with van der Waals surface area (Å²) < 4.78 is 5.63. The summed E-state index contributed by atoms with van der Waals surface area (Å²) in [7, 11) is 1.67. The molecule has 0 N–H and O–H groups in total. The van der Waals surface area contributed by atoms with Crippen molar-refractivity contribution in [2.45, 2.75) is 4.16 Å². The van der Waals surface area contributed by atoms with Crippen LogP contribution in [0.1, 0.15) is 5.56 Å². The van der Waals surface area contributed by atoms with Crippen molar-refractivity contribution >= 4 is 39.5 Å². The molecule has 1 aliphatic rings. The maximum atomic E-state index is 5.32. The van der Waals surface area contributed by atoms with Gasteiger partial charge in [0, 0.05) is 0 Å². The predicted octanol–water partition coefficient (Wildman–Crippen LogP) is 3.62. The molecule has 2 unspecified atom stereocenters. The molecule has 0 saturated heterocycles. The molecular weight excluding hydrogens is 405 g/mol. The molecule has 0 bridgehead atoms. The van der Waals surface area contributed by atoms with Crippen LogP contribution in [0.5, 0.6) is 5.75 Å². The third-order valence-corrected chi connectivity index (χ3v) is 6.67. The van der Waals surface area contributed by atoms with Gasteiger partial charge in [-0.3, -0.25) is 0 Å². The summed E-state index contributed by atoms with van der Waals surface area (Å²) in [6.07, 6.45) is 3.97. The van der Waals surface area contributed by atoms with Crippen LogP contribution >= 0.6 is 11.8 Å². The van der Waals surface area contributed by atoms with Gasteiger partial charge in [0.1, 0.15) is 0 Å². The van der Waals surface area contributed by atoms with Gasteiger partial charge in [-0.25, -0.2) is 0 Å². The van der Waals surface area contributed by atoms with E-state index in [0.717, 1.165) is 23.0 Å². The summed E-state index contributed by atoms with van der Waals surface area (Å²) in [6, 6.07) is 20.3. The summed E-state index contributed by atoms with van der Waals surface area (Å²) in [5, 5.41) is 0. The van der Waals surface area contributed by atoms with E-state index in [1.165, 1.54) is 10.5 Å². The molecule has 4 rings (SSSR count). The van der Waals surface area contributed by atoms with Crippen LogP contribution in [0.3, 0.4) is 0 Å². The van der Waals surface area contributed by atoms with Gasteiger partial charge in [0.2, 0.25) is 0 Å². The van der Waals surface area contributed by atoms with Gasteiger partial charge in [0.05, 0.1) is 0 Å². The molecule has 26 heavy (non-hydrogen) atoms. The SMILES string of the molecule is COc1cccc(-c2ccnc(N3C=C(c4ccccc4)SC3[AsH2])n2)c1. The van der Waals surface area contributed by atoms with Crippen molar-refractivity contribution in [3.63, 3.8) is 0 Å². The van der Waals surface area contributed by atoms with Crippen LogP contribution in [0.2, 0.25) is 0 Å². The normalized spacial score (nSPS) is 16.5. The first kappa shape index (κ1) is 17.2. The Morgan fingerprint density at radius 3 is 2.65 bits per heavy atom. The zero-order chi connectivity index (χ0) is 17.9.